The summed E-state index contributed by atoms with van der Waals surface area (Å²) in [7, 11) is 1.61. The molecule has 5 heteroatoms. The van der Waals surface area contributed by atoms with Crippen molar-refractivity contribution in [2.75, 3.05) is 12.8 Å². The smallest absolute Gasteiger partial charge is 0.157 e. The molecule has 1 fully saturated rings. The Bertz CT molecular complexity index is 595. The van der Waals surface area contributed by atoms with Crippen molar-refractivity contribution in [3.05, 3.63) is 36.2 Å². The zero-order valence-corrected chi connectivity index (χ0v) is 11.4. The van der Waals surface area contributed by atoms with Gasteiger partial charge in [0, 0.05) is 18.7 Å². The monoisotopic (exact) mass is 271 g/mol. The zero-order chi connectivity index (χ0) is 13.9. The van der Waals surface area contributed by atoms with Crippen molar-refractivity contribution >= 4 is 5.82 Å². The highest BCUT2D eigenvalue weighted by Gasteiger charge is 2.23. The second-order valence-electron chi connectivity index (χ2n) is 4.87. The molecule has 1 saturated carbocycles. The first kappa shape index (κ1) is 12.9. The lowest BCUT2D eigenvalue weighted by Crippen LogP contribution is -2.02. The van der Waals surface area contributed by atoms with Gasteiger partial charge in [0.2, 0.25) is 0 Å². The van der Waals surface area contributed by atoms with Crippen LogP contribution in [0.5, 0.6) is 5.75 Å². The Labute approximate surface area is 117 Å². The van der Waals surface area contributed by atoms with Crippen molar-refractivity contribution in [3.8, 4) is 17.0 Å². The van der Waals surface area contributed by atoms with Crippen LogP contribution in [0.2, 0.25) is 0 Å². The average Bonchev–Trinajstić information content (AvgIpc) is 3.23. The minimum Gasteiger partial charge on any atom is -0.490 e. The zero-order valence-electron chi connectivity index (χ0n) is 11.4. The molecule has 5 nitrogen and oxygen atoms in total. The molecule has 0 saturated heterocycles. The summed E-state index contributed by atoms with van der Waals surface area (Å²) in [5.74, 6) is 1.93. The lowest BCUT2D eigenvalue weighted by Gasteiger charge is -2.07. The van der Waals surface area contributed by atoms with Gasteiger partial charge in [0.15, 0.2) is 5.82 Å². The summed E-state index contributed by atoms with van der Waals surface area (Å²) in [6, 6.07) is 9.64. The van der Waals surface area contributed by atoms with E-state index in [0.29, 0.717) is 24.4 Å². The number of nitrogen functional groups attached to an aromatic ring is 1. The number of nitrogens with two attached hydrogens (primary N) is 1. The Balaban J connectivity index is 1.83. The Kier molecular flexibility index (Phi) is 3.52. The van der Waals surface area contributed by atoms with E-state index in [2.05, 4.69) is 9.97 Å². The Morgan fingerprint density at radius 3 is 2.60 bits per heavy atom. The number of methoxy groups -OCH3 is 1. The van der Waals surface area contributed by atoms with Crippen molar-refractivity contribution in [1.82, 2.24) is 9.97 Å². The summed E-state index contributed by atoms with van der Waals surface area (Å²) in [4.78, 5) is 8.57. The Morgan fingerprint density at radius 1 is 1.20 bits per heavy atom. The number of anilines is 1. The van der Waals surface area contributed by atoms with E-state index >= 15 is 0 Å². The van der Waals surface area contributed by atoms with Crippen molar-refractivity contribution < 1.29 is 9.47 Å². The van der Waals surface area contributed by atoms with Gasteiger partial charge in [-0.05, 0) is 37.1 Å². The molecule has 2 aromatic rings. The van der Waals surface area contributed by atoms with E-state index in [1.165, 1.54) is 0 Å². The molecule has 0 radical (unpaired) electrons. The van der Waals surface area contributed by atoms with Gasteiger partial charge in [0.1, 0.15) is 18.2 Å². The summed E-state index contributed by atoms with van der Waals surface area (Å²) in [5, 5.41) is 0. The van der Waals surface area contributed by atoms with Crippen molar-refractivity contribution in [2.45, 2.75) is 25.6 Å². The number of hydrogen-bond donors (Lipinski definition) is 1. The molecule has 20 heavy (non-hydrogen) atoms. The van der Waals surface area contributed by atoms with Crippen LogP contribution in [0.25, 0.3) is 11.3 Å². The second-order valence-corrected chi connectivity index (χ2v) is 4.87. The van der Waals surface area contributed by atoms with Gasteiger partial charge >= 0.3 is 0 Å². The fourth-order valence-electron chi connectivity index (χ4n) is 1.94. The first-order valence-corrected chi connectivity index (χ1v) is 6.64. The lowest BCUT2D eigenvalue weighted by atomic mass is 10.1. The molecule has 0 amide bonds. The van der Waals surface area contributed by atoms with Crippen LogP contribution < -0.4 is 10.5 Å². The van der Waals surface area contributed by atoms with Gasteiger partial charge in [-0.15, -0.1) is 0 Å². The fraction of sp³-hybridized carbons (Fsp3) is 0.333. The number of rotatable bonds is 5. The fourth-order valence-corrected chi connectivity index (χ4v) is 1.94. The molecule has 0 bridgehead atoms. The minimum absolute atomic E-state index is 0.348. The molecule has 0 aliphatic heterocycles. The molecule has 0 spiro atoms. The topological polar surface area (TPSA) is 70.3 Å². The third-order valence-electron chi connectivity index (χ3n) is 3.04. The quantitative estimate of drug-likeness (QED) is 0.904. The van der Waals surface area contributed by atoms with Gasteiger partial charge in [-0.3, -0.25) is 0 Å². The summed E-state index contributed by atoms with van der Waals surface area (Å²) in [5.41, 5.74) is 7.58. The highest BCUT2D eigenvalue weighted by molar-refractivity contribution is 5.62. The van der Waals surface area contributed by atoms with Gasteiger partial charge in [-0.1, -0.05) is 0 Å². The van der Waals surface area contributed by atoms with Crippen LogP contribution in [0.1, 0.15) is 18.7 Å². The largest absolute Gasteiger partial charge is 0.490 e. The highest BCUT2D eigenvalue weighted by Crippen LogP contribution is 2.28. The standard InChI is InChI=1S/C15H17N3O2/c1-19-9-15-17-13(8-14(16)18-15)10-2-4-11(5-3-10)20-12-6-7-12/h2-5,8,12H,6-7,9H2,1H3,(H2,16,17,18). The van der Waals surface area contributed by atoms with E-state index in [9.17, 15) is 0 Å². The van der Waals surface area contributed by atoms with E-state index < -0.39 is 0 Å². The van der Waals surface area contributed by atoms with Gasteiger partial charge in [0.25, 0.3) is 0 Å². The molecule has 2 N–H and O–H groups in total. The van der Waals surface area contributed by atoms with Crippen LogP contribution in [-0.2, 0) is 11.3 Å². The molecular formula is C15H17N3O2. The van der Waals surface area contributed by atoms with Crippen LogP contribution >= 0.6 is 0 Å². The van der Waals surface area contributed by atoms with Crippen LogP contribution in [0.3, 0.4) is 0 Å². The van der Waals surface area contributed by atoms with Crippen molar-refractivity contribution in [2.24, 2.45) is 0 Å². The number of ether oxygens (including phenoxy) is 2. The Morgan fingerprint density at radius 2 is 1.95 bits per heavy atom. The maximum absolute atomic E-state index is 5.80. The molecule has 1 heterocycles. The molecular weight excluding hydrogens is 254 g/mol. The SMILES string of the molecule is COCc1nc(N)cc(-c2ccc(OC3CC3)cc2)n1. The highest BCUT2D eigenvalue weighted by atomic mass is 16.5. The minimum atomic E-state index is 0.348. The maximum atomic E-state index is 5.80. The third-order valence-corrected chi connectivity index (χ3v) is 3.04. The van der Waals surface area contributed by atoms with Gasteiger partial charge < -0.3 is 15.2 Å². The van der Waals surface area contributed by atoms with Crippen LogP contribution in [0, 0.1) is 0 Å². The van der Waals surface area contributed by atoms with Gasteiger partial charge in [-0.25, -0.2) is 9.97 Å². The lowest BCUT2D eigenvalue weighted by molar-refractivity contribution is 0.178. The molecule has 3 rings (SSSR count). The number of benzene rings is 1. The molecule has 104 valence electrons. The molecule has 1 aliphatic carbocycles. The number of nitrogens with zero attached hydrogens (tertiary/aromatic N) is 2. The van der Waals surface area contributed by atoms with E-state index in [1.54, 1.807) is 13.2 Å². The number of hydrogen-bond acceptors (Lipinski definition) is 5. The van der Waals surface area contributed by atoms with E-state index in [4.69, 9.17) is 15.2 Å². The van der Waals surface area contributed by atoms with E-state index in [-0.39, 0.29) is 0 Å². The Hall–Kier alpha value is -2.14. The van der Waals surface area contributed by atoms with Gasteiger partial charge in [-0.2, -0.15) is 0 Å². The summed E-state index contributed by atoms with van der Waals surface area (Å²) < 4.78 is 10.8. The van der Waals surface area contributed by atoms with Crippen molar-refractivity contribution in [3.63, 3.8) is 0 Å². The predicted molar refractivity (Wildman–Crippen MR) is 76.2 cm³/mol. The predicted octanol–water partition coefficient (Wildman–Crippen LogP) is 2.41. The second kappa shape index (κ2) is 5.46. The molecule has 1 aromatic heterocycles. The molecule has 0 atom stereocenters. The summed E-state index contributed by atoms with van der Waals surface area (Å²) >= 11 is 0. The van der Waals surface area contributed by atoms with E-state index in [0.717, 1.165) is 29.8 Å². The molecule has 0 unspecified atom stereocenters. The molecule has 1 aromatic carbocycles. The van der Waals surface area contributed by atoms with Crippen molar-refractivity contribution in [1.29, 1.82) is 0 Å². The first-order valence-electron chi connectivity index (χ1n) is 6.64. The third kappa shape index (κ3) is 3.05. The maximum Gasteiger partial charge on any atom is 0.157 e. The van der Waals surface area contributed by atoms with Gasteiger partial charge in [0.05, 0.1) is 11.8 Å². The molecule has 1 aliphatic rings. The van der Waals surface area contributed by atoms with Crippen LogP contribution in [0.15, 0.2) is 30.3 Å². The average molecular weight is 271 g/mol. The first-order chi connectivity index (χ1) is 9.74. The summed E-state index contributed by atoms with van der Waals surface area (Å²) in [6.07, 6.45) is 2.72. The summed E-state index contributed by atoms with van der Waals surface area (Å²) in [6.45, 7) is 0.348. The van der Waals surface area contributed by atoms with Crippen LogP contribution in [-0.4, -0.2) is 23.2 Å². The number of aromatic nitrogens is 2. The van der Waals surface area contributed by atoms with E-state index in [1.807, 2.05) is 24.3 Å². The van der Waals surface area contributed by atoms with Crippen LogP contribution in [0.4, 0.5) is 5.82 Å². The normalized spacial score (nSPS) is 14.2.